The summed E-state index contributed by atoms with van der Waals surface area (Å²) in [5.41, 5.74) is -0.456. The van der Waals surface area contributed by atoms with Crippen molar-refractivity contribution in [1.82, 2.24) is 9.55 Å². The molecule has 0 aliphatic rings. The second-order valence-electron chi connectivity index (χ2n) is 2.11. The Hall–Kier alpha value is -1.65. The van der Waals surface area contributed by atoms with Crippen LogP contribution >= 0.6 is 0 Å². The first-order chi connectivity index (χ1) is 5.74. The molecule has 0 aliphatic heterocycles. The van der Waals surface area contributed by atoms with Crippen LogP contribution < -0.4 is 5.69 Å². The lowest BCUT2D eigenvalue weighted by Crippen LogP contribution is -2.25. The number of hydrogen-bond donors (Lipinski definition) is 0. The molecular weight excluding hydrogens is 160 g/mol. The predicted molar refractivity (Wildman–Crippen MR) is 40.5 cm³/mol. The van der Waals surface area contributed by atoms with Crippen LogP contribution in [0.5, 0.6) is 0 Å². The molecule has 0 saturated carbocycles. The highest BCUT2D eigenvalue weighted by molar-refractivity contribution is 5.68. The van der Waals surface area contributed by atoms with Crippen LogP contribution in [0.3, 0.4) is 0 Å². The van der Waals surface area contributed by atoms with E-state index >= 15 is 0 Å². The fraction of sp³-hybridized carbons (Fsp3) is 0.286. The largest absolute Gasteiger partial charge is 0.468 e. The number of methoxy groups -OCH3 is 1. The van der Waals surface area contributed by atoms with Crippen LogP contribution in [0.25, 0.3) is 0 Å². The summed E-state index contributed by atoms with van der Waals surface area (Å²) in [6, 6.07) is 1.57. The highest BCUT2D eigenvalue weighted by Crippen LogP contribution is 1.81. The van der Waals surface area contributed by atoms with E-state index < -0.39 is 11.7 Å². The number of carbonyl (C=O) groups excluding carboxylic acids is 1. The van der Waals surface area contributed by atoms with E-state index in [9.17, 15) is 9.59 Å². The van der Waals surface area contributed by atoms with Gasteiger partial charge in [-0.05, 0) is 6.07 Å². The summed E-state index contributed by atoms with van der Waals surface area (Å²) in [5.74, 6) is -0.467. The van der Waals surface area contributed by atoms with Gasteiger partial charge in [0.05, 0.1) is 7.11 Å². The lowest BCUT2D eigenvalue weighted by molar-refractivity contribution is -0.141. The van der Waals surface area contributed by atoms with Gasteiger partial charge in [0.1, 0.15) is 6.54 Å². The fourth-order valence-electron chi connectivity index (χ4n) is 0.711. The van der Waals surface area contributed by atoms with E-state index in [1.807, 2.05) is 0 Å². The van der Waals surface area contributed by atoms with Crippen molar-refractivity contribution in [3.63, 3.8) is 0 Å². The van der Waals surface area contributed by atoms with E-state index in [-0.39, 0.29) is 6.54 Å². The molecule has 0 unspecified atom stereocenters. The minimum Gasteiger partial charge on any atom is -0.468 e. The average Bonchev–Trinajstić information content (AvgIpc) is 2.09. The Morgan fingerprint density at radius 2 is 2.50 bits per heavy atom. The molecule has 0 saturated heterocycles. The van der Waals surface area contributed by atoms with E-state index in [0.29, 0.717) is 0 Å². The summed E-state index contributed by atoms with van der Waals surface area (Å²) >= 11 is 0. The molecule has 0 N–H and O–H groups in total. The molecule has 0 bridgehead atoms. The number of carbonyl (C=O) groups is 1. The Balaban J connectivity index is 2.83. The molecule has 1 heterocycles. The van der Waals surface area contributed by atoms with Gasteiger partial charge >= 0.3 is 11.7 Å². The summed E-state index contributed by atoms with van der Waals surface area (Å²) in [7, 11) is 1.27. The molecule has 5 heteroatoms. The lowest BCUT2D eigenvalue weighted by Gasteiger charge is -2.00. The topological polar surface area (TPSA) is 61.2 Å². The maximum absolute atomic E-state index is 10.9. The Morgan fingerprint density at radius 1 is 1.75 bits per heavy atom. The summed E-state index contributed by atoms with van der Waals surface area (Å²) in [6.45, 7) is -0.0941. The maximum Gasteiger partial charge on any atom is 0.348 e. The van der Waals surface area contributed by atoms with Crippen LogP contribution in [0, 0.1) is 0 Å². The van der Waals surface area contributed by atoms with E-state index in [4.69, 9.17) is 0 Å². The van der Waals surface area contributed by atoms with Crippen LogP contribution in [0.4, 0.5) is 0 Å². The third-order valence-electron chi connectivity index (χ3n) is 1.31. The molecule has 1 aromatic rings. The molecule has 1 rings (SSSR count). The molecule has 5 nitrogen and oxygen atoms in total. The van der Waals surface area contributed by atoms with E-state index in [1.54, 1.807) is 6.07 Å². The van der Waals surface area contributed by atoms with Gasteiger partial charge in [-0.1, -0.05) is 0 Å². The summed E-state index contributed by atoms with van der Waals surface area (Å²) in [4.78, 5) is 25.1. The number of hydrogen-bond acceptors (Lipinski definition) is 4. The first-order valence-corrected chi connectivity index (χ1v) is 3.32. The van der Waals surface area contributed by atoms with Gasteiger partial charge in [0.2, 0.25) is 0 Å². The van der Waals surface area contributed by atoms with Crippen LogP contribution in [0.2, 0.25) is 0 Å². The second kappa shape index (κ2) is 3.66. The fourth-order valence-corrected chi connectivity index (χ4v) is 0.711. The van der Waals surface area contributed by atoms with E-state index in [0.717, 1.165) is 0 Å². The Kier molecular flexibility index (Phi) is 2.57. The first kappa shape index (κ1) is 8.45. The Bertz CT molecular complexity index is 331. The zero-order valence-electron chi connectivity index (χ0n) is 6.56. The highest BCUT2D eigenvalue weighted by atomic mass is 16.5. The normalized spacial score (nSPS) is 9.42. The van der Waals surface area contributed by atoms with Gasteiger partial charge in [-0.15, -0.1) is 0 Å². The molecule has 0 aliphatic carbocycles. The van der Waals surface area contributed by atoms with Gasteiger partial charge in [-0.3, -0.25) is 9.36 Å². The van der Waals surface area contributed by atoms with Crippen LogP contribution in [0.1, 0.15) is 0 Å². The molecule has 0 fully saturated rings. The SMILES string of the molecule is COC(=O)Cn1cccnc1=O. The van der Waals surface area contributed by atoms with Crippen molar-refractivity contribution in [2.75, 3.05) is 7.11 Å². The number of esters is 1. The standard InChI is InChI=1S/C7H8N2O3/c1-12-6(10)5-9-4-2-3-8-7(9)11/h2-4H,5H2,1H3. The van der Waals surface area contributed by atoms with Crippen LogP contribution in [-0.4, -0.2) is 22.6 Å². The number of rotatable bonds is 2. The van der Waals surface area contributed by atoms with Gasteiger partial charge in [-0.25, -0.2) is 9.78 Å². The lowest BCUT2D eigenvalue weighted by atomic mass is 10.6. The van der Waals surface area contributed by atoms with Gasteiger partial charge in [0.25, 0.3) is 0 Å². The van der Waals surface area contributed by atoms with Gasteiger partial charge < -0.3 is 4.74 Å². The van der Waals surface area contributed by atoms with Gasteiger partial charge in [0, 0.05) is 12.4 Å². The zero-order valence-corrected chi connectivity index (χ0v) is 6.56. The molecule has 1 aromatic heterocycles. The minimum absolute atomic E-state index is 0.0941. The molecular formula is C7H8N2O3. The second-order valence-corrected chi connectivity index (χ2v) is 2.11. The zero-order chi connectivity index (χ0) is 8.97. The third-order valence-corrected chi connectivity index (χ3v) is 1.31. The molecule has 0 spiro atoms. The minimum atomic E-state index is -0.467. The molecule has 0 atom stereocenters. The smallest absolute Gasteiger partial charge is 0.348 e. The van der Waals surface area contributed by atoms with Crippen molar-refractivity contribution in [2.24, 2.45) is 0 Å². The van der Waals surface area contributed by atoms with Crippen molar-refractivity contribution in [2.45, 2.75) is 6.54 Å². The van der Waals surface area contributed by atoms with Gasteiger partial charge in [0.15, 0.2) is 0 Å². The summed E-state index contributed by atoms with van der Waals surface area (Å²) in [5, 5.41) is 0. The monoisotopic (exact) mass is 168 g/mol. The third kappa shape index (κ3) is 1.91. The summed E-state index contributed by atoms with van der Waals surface area (Å²) in [6.07, 6.45) is 2.85. The van der Waals surface area contributed by atoms with Crippen molar-refractivity contribution < 1.29 is 9.53 Å². The Morgan fingerprint density at radius 3 is 3.08 bits per heavy atom. The number of aromatic nitrogens is 2. The van der Waals surface area contributed by atoms with Crippen LogP contribution in [-0.2, 0) is 16.1 Å². The van der Waals surface area contributed by atoms with E-state index in [1.165, 1.54) is 24.1 Å². The molecule has 12 heavy (non-hydrogen) atoms. The molecule has 0 aromatic carbocycles. The van der Waals surface area contributed by atoms with Crippen molar-refractivity contribution in [3.8, 4) is 0 Å². The molecule has 0 amide bonds. The van der Waals surface area contributed by atoms with Crippen LogP contribution in [0.15, 0.2) is 23.3 Å². The van der Waals surface area contributed by atoms with Crippen molar-refractivity contribution >= 4 is 5.97 Å². The Labute approximate surface area is 68.6 Å². The van der Waals surface area contributed by atoms with Crippen molar-refractivity contribution in [1.29, 1.82) is 0 Å². The number of nitrogens with zero attached hydrogens (tertiary/aromatic N) is 2. The first-order valence-electron chi connectivity index (χ1n) is 3.32. The van der Waals surface area contributed by atoms with Crippen molar-refractivity contribution in [3.05, 3.63) is 28.9 Å². The van der Waals surface area contributed by atoms with Gasteiger partial charge in [-0.2, -0.15) is 0 Å². The predicted octanol–water partition coefficient (Wildman–Crippen LogP) is -0.584. The molecule has 64 valence electrons. The van der Waals surface area contributed by atoms with E-state index in [2.05, 4.69) is 9.72 Å². The summed E-state index contributed by atoms with van der Waals surface area (Å²) < 4.78 is 5.56. The highest BCUT2D eigenvalue weighted by Gasteiger charge is 2.02. The molecule has 0 radical (unpaired) electrons. The quantitative estimate of drug-likeness (QED) is 0.554. The number of ether oxygens (including phenoxy) is 1. The average molecular weight is 168 g/mol. The maximum atomic E-state index is 10.9.